The Bertz CT molecular complexity index is 1180. The molecular weight excluding hydrogens is 481 g/mol. The highest BCUT2D eigenvalue weighted by molar-refractivity contribution is 8.18. The highest BCUT2D eigenvalue weighted by atomic mass is 35.5. The van der Waals surface area contributed by atoms with E-state index in [1.807, 2.05) is 54.6 Å². The van der Waals surface area contributed by atoms with Gasteiger partial charge in [-0.2, -0.15) is 0 Å². The maximum absolute atomic E-state index is 12.8. The van der Waals surface area contributed by atoms with Gasteiger partial charge in [-0.05, 0) is 65.4 Å². The Morgan fingerprint density at radius 1 is 0.848 bits per heavy atom. The van der Waals surface area contributed by atoms with E-state index in [4.69, 9.17) is 32.7 Å². The van der Waals surface area contributed by atoms with Crippen molar-refractivity contribution in [3.05, 3.63) is 98.9 Å². The zero-order valence-electron chi connectivity index (χ0n) is 17.4. The third kappa shape index (κ3) is 6.11. The Balaban J connectivity index is 1.33. The van der Waals surface area contributed by atoms with Crippen LogP contribution in [0.3, 0.4) is 0 Å². The van der Waals surface area contributed by atoms with Gasteiger partial charge in [0.05, 0.1) is 11.4 Å². The molecule has 3 aromatic carbocycles. The van der Waals surface area contributed by atoms with Crippen LogP contribution in [0.15, 0.2) is 77.7 Å². The first-order valence-electron chi connectivity index (χ1n) is 10.1. The molecule has 8 heteroatoms. The summed E-state index contributed by atoms with van der Waals surface area (Å²) >= 11 is 13.0. The lowest BCUT2D eigenvalue weighted by molar-refractivity contribution is -0.123. The van der Waals surface area contributed by atoms with Gasteiger partial charge in [0.15, 0.2) is 0 Å². The monoisotopic (exact) mass is 499 g/mol. The molecule has 3 aromatic rings. The molecule has 2 amide bonds. The number of hydrogen-bond donors (Lipinski definition) is 0. The van der Waals surface area contributed by atoms with Crippen LogP contribution in [0, 0.1) is 0 Å². The van der Waals surface area contributed by atoms with E-state index in [1.165, 1.54) is 4.90 Å². The molecule has 0 aromatic heterocycles. The molecule has 0 bridgehead atoms. The summed E-state index contributed by atoms with van der Waals surface area (Å²) in [5.74, 6) is 1.13. The van der Waals surface area contributed by atoms with Crippen LogP contribution in [-0.4, -0.2) is 29.3 Å². The zero-order valence-corrected chi connectivity index (χ0v) is 19.7. The Hall–Kier alpha value is -2.93. The van der Waals surface area contributed by atoms with E-state index in [9.17, 15) is 9.59 Å². The molecule has 0 spiro atoms. The third-order valence-electron chi connectivity index (χ3n) is 4.76. The standard InChI is InChI=1S/C25H19Cl2NO4S/c26-19-9-8-18(22(27)15-19)16-28-24(29)23(33-25(28)30)14-17-6-10-21(11-7-17)32-13-12-31-20-4-2-1-3-5-20/h1-11,14-15H,12-13,16H2/b23-14-. The number of thioether (sulfide) groups is 1. The molecule has 0 N–H and O–H groups in total. The minimum absolute atomic E-state index is 0.0931. The van der Waals surface area contributed by atoms with E-state index in [1.54, 1.807) is 24.3 Å². The number of rotatable bonds is 8. The van der Waals surface area contributed by atoms with Crippen molar-refractivity contribution in [2.24, 2.45) is 0 Å². The van der Waals surface area contributed by atoms with Crippen LogP contribution in [0.5, 0.6) is 11.5 Å². The summed E-state index contributed by atoms with van der Waals surface area (Å²) in [6, 6.07) is 21.8. The summed E-state index contributed by atoms with van der Waals surface area (Å²) in [5.41, 5.74) is 1.44. The molecule has 0 atom stereocenters. The summed E-state index contributed by atoms with van der Waals surface area (Å²) in [5, 5.41) is 0.569. The molecule has 1 heterocycles. The van der Waals surface area contributed by atoms with Crippen molar-refractivity contribution in [1.29, 1.82) is 0 Å². The average Bonchev–Trinajstić information content (AvgIpc) is 3.07. The van der Waals surface area contributed by atoms with Crippen LogP contribution in [0.4, 0.5) is 4.79 Å². The first-order valence-corrected chi connectivity index (χ1v) is 11.7. The molecule has 1 aliphatic heterocycles. The van der Waals surface area contributed by atoms with Crippen LogP contribution >= 0.6 is 35.0 Å². The van der Waals surface area contributed by atoms with Gasteiger partial charge in [0.1, 0.15) is 24.7 Å². The van der Waals surface area contributed by atoms with E-state index in [-0.39, 0.29) is 17.7 Å². The molecule has 5 nitrogen and oxygen atoms in total. The number of ether oxygens (including phenoxy) is 2. The topological polar surface area (TPSA) is 55.8 Å². The molecule has 1 fully saturated rings. The van der Waals surface area contributed by atoms with Gasteiger partial charge in [0, 0.05) is 10.0 Å². The Labute approximate surface area is 205 Å². The number of halogens is 2. The normalized spacial score (nSPS) is 14.7. The Morgan fingerprint density at radius 2 is 1.52 bits per heavy atom. The minimum Gasteiger partial charge on any atom is -0.490 e. The van der Waals surface area contributed by atoms with E-state index < -0.39 is 0 Å². The van der Waals surface area contributed by atoms with Crippen molar-refractivity contribution in [3.8, 4) is 11.5 Å². The molecule has 1 saturated heterocycles. The molecule has 0 unspecified atom stereocenters. The van der Waals surface area contributed by atoms with Gasteiger partial charge in [-0.15, -0.1) is 0 Å². The van der Waals surface area contributed by atoms with Gasteiger partial charge in [-0.25, -0.2) is 0 Å². The lowest BCUT2D eigenvalue weighted by Gasteiger charge is -2.13. The Kier molecular flexibility index (Phi) is 7.60. The third-order valence-corrected chi connectivity index (χ3v) is 6.25. The highest BCUT2D eigenvalue weighted by Gasteiger charge is 2.35. The van der Waals surface area contributed by atoms with Crippen molar-refractivity contribution < 1.29 is 19.1 Å². The van der Waals surface area contributed by atoms with E-state index in [2.05, 4.69) is 0 Å². The smallest absolute Gasteiger partial charge is 0.293 e. The van der Waals surface area contributed by atoms with Crippen molar-refractivity contribution in [2.75, 3.05) is 13.2 Å². The molecule has 0 aliphatic carbocycles. The van der Waals surface area contributed by atoms with E-state index >= 15 is 0 Å². The van der Waals surface area contributed by atoms with Crippen molar-refractivity contribution in [1.82, 2.24) is 4.90 Å². The highest BCUT2D eigenvalue weighted by Crippen LogP contribution is 2.34. The molecule has 33 heavy (non-hydrogen) atoms. The van der Waals surface area contributed by atoms with Crippen LogP contribution in [0.1, 0.15) is 11.1 Å². The van der Waals surface area contributed by atoms with Gasteiger partial charge < -0.3 is 9.47 Å². The quantitative estimate of drug-likeness (QED) is 0.255. The maximum atomic E-state index is 12.8. The summed E-state index contributed by atoms with van der Waals surface area (Å²) in [6.07, 6.45) is 1.69. The molecular formula is C25H19Cl2NO4S. The molecule has 0 radical (unpaired) electrons. The number of nitrogens with zero attached hydrogens (tertiary/aromatic N) is 1. The number of carbonyl (C=O) groups excluding carboxylic acids is 2. The number of para-hydroxylation sites is 1. The van der Waals surface area contributed by atoms with Gasteiger partial charge in [0.25, 0.3) is 11.1 Å². The van der Waals surface area contributed by atoms with Crippen LogP contribution in [0.2, 0.25) is 10.0 Å². The summed E-state index contributed by atoms with van der Waals surface area (Å²) < 4.78 is 11.3. The fourth-order valence-electron chi connectivity index (χ4n) is 3.10. The first kappa shape index (κ1) is 23.2. The Morgan fingerprint density at radius 3 is 2.18 bits per heavy atom. The van der Waals surface area contributed by atoms with Crippen molar-refractivity contribution in [2.45, 2.75) is 6.54 Å². The van der Waals surface area contributed by atoms with Crippen molar-refractivity contribution >= 4 is 52.2 Å². The predicted octanol–water partition coefficient (Wildman–Crippen LogP) is 6.69. The maximum Gasteiger partial charge on any atom is 0.293 e. The molecule has 168 valence electrons. The second-order valence-corrected chi connectivity index (χ2v) is 8.92. The van der Waals surface area contributed by atoms with Gasteiger partial charge in [-0.1, -0.05) is 59.6 Å². The summed E-state index contributed by atoms with van der Waals surface area (Å²) in [7, 11) is 0. The van der Waals surface area contributed by atoms with Crippen LogP contribution < -0.4 is 9.47 Å². The number of amides is 2. The lowest BCUT2D eigenvalue weighted by atomic mass is 10.2. The fourth-order valence-corrected chi connectivity index (χ4v) is 4.41. The van der Waals surface area contributed by atoms with Gasteiger partial charge in [-0.3, -0.25) is 14.5 Å². The number of carbonyl (C=O) groups is 2. The average molecular weight is 500 g/mol. The van der Waals surface area contributed by atoms with Gasteiger partial charge >= 0.3 is 0 Å². The fraction of sp³-hybridized carbons (Fsp3) is 0.120. The van der Waals surface area contributed by atoms with Gasteiger partial charge in [0.2, 0.25) is 0 Å². The second-order valence-electron chi connectivity index (χ2n) is 7.08. The SMILES string of the molecule is O=C1S/C(=C\c2ccc(OCCOc3ccccc3)cc2)C(=O)N1Cc1ccc(Cl)cc1Cl. The first-order chi connectivity index (χ1) is 16.0. The number of imide groups is 1. The van der Waals surface area contributed by atoms with Crippen molar-refractivity contribution in [3.63, 3.8) is 0 Å². The largest absolute Gasteiger partial charge is 0.490 e. The second kappa shape index (κ2) is 10.8. The predicted molar refractivity (Wildman–Crippen MR) is 132 cm³/mol. The van der Waals surface area contributed by atoms with Crippen LogP contribution in [0.25, 0.3) is 6.08 Å². The lowest BCUT2D eigenvalue weighted by Crippen LogP contribution is -2.27. The summed E-state index contributed by atoms with van der Waals surface area (Å²) in [6.45, 7) is 0.923. The molecule has 0 saturated carbocycles. The number of benzene rings is 3. The summed E-state index contributed by atoms with van der Waals surface area (Å²) in [4.78, 5) is 26.7. The van der Waals surface area contributed by atoms with Crippen LogP contribution in [-0.2, 0) is 11.3 Å². The molecule has 4 rings (SSSR count). The van der Waals surface area contributed by atoms with E-state index in [0.717, 1.165) is 23.1 Å². The van der Waals surface area contributed by atoms with E-state index in [0.29, 0.717) is 39.5 Å². The number of hydrogen-bond acceptors (Lipinski definition) is 5. The minimum atomic E-state index is -0.352. The molecule has 1 aliphatic rings. The zero-order chi connectivity index (χ0) is 23.2.